The Morgan fingerprint density at radius 3 is 2.52 bits per heavy atom. The van der Waals surface area contributed by atoms with E-state index in [0.717, 1.165) is 32.1 Å². The zero-order valence-electron chi connectivity index (χ0n) is 23.1. The molecule has 2 atom stereocenters. The van der Waals surface area contributed by atoms with Crippen molar-refractivity contribution < 1.29 is 24.2 Å². The van der Waals surface area contributed by atoms with Gasteiger partial charge >= 0.3 is 5.97 Å². The third-order valence-electron chi connectivity index (χ3n) is 9.02. The molecule has 4 N–H and O–H groups in total. The van der Waals surface area contributed by atoms with Crippen LogP contribution in [-0.4, -0.2) is 43.4 Å². The number of fused-ring (bicyclic) bond motifs is 1. The number of carbonyl (C=O) groups excluding carboxylic acids is 3. The quantitative estimate of drug-likeness (QED) is 0.180. The number of amides is 2. The first-order valence-electron chi connectivity index (χ1n) is 14.3. The lowest BCUT2D eigenvalue weighted by molar-refractivity contribution is -0.200. The molecule has 0 spiro atoms. The summed E-state index contributed by atoms with van der Waals surface area (Å²) in [5, 5.41) is 16.6. The number of H-pyrrole nitrogens is 1. The molecule has 42 heavy (non-hydrogen) atoms. The maximum Gasteiger partial charge on any atom is 0.303 e. The van der Waals surface area contributed by atoms with Gasteiger partial charge in [0.1, 0.15) is 23.0 Å². The minimum atomic E-state index is -0.607. The molecular formula is C32H31N5O5. The minimum Gasteiger partial charge on any atom is -0.506 e. The van der Waals surface area contributed by atoms with Crippen LogP contribution in [0.15, 0.2) is 60.8 Å². The van der Waals surface area contributed by atoms with Crippen LogP contribution < -0.4 is 10.6 Å². The zero-order chi connectivity index (χ0) is 29.1. The predicted molar refractivity (Wildman–Crippen MR) is 156 cm³/mol. The van der Waals surface area contributed by atoms with Gasteiger partial charge in [0.05, 0.1) is 22.1 Å². The molecule has 4 aliphatic carbocycles. The predicted octanol–water partition coefficient (Wildman–Crippen LogP) is 5.42. The van der Waals surface area contributed by atoms with Gasteiger partial charge in [-0.15, -0.1) is 0 Å². The topological polar surface area (TPSA) is 146 Å². The number of anilines is 2. The molecule has 8 rings (SSSR count). The average molecular weight is 566 g/mol. The fraction of sp³-hybridized carbons (Fsp3) is 0.344. The van der Waals surface area contributed by atoms with E-state index in [-0.39, 0.29) is 23.5 Å². The monoisotopic (exact) mass is 565 g/mol. The van der Waals surface area contributed by atoms with E-state index < -0.39 is 11.0 Å². The molecule has 0 radical (unpaired) electrons. The Labute approximate surface area is 241 Å². The highest BCUT2D eigenvalue weighted by Gasteiger charge is 2.62. The molecule has 0 saturated heterocycles. The van der Waals surface area contributed by atoms with Crippen molar-refractivity contribution in [2.75, 3.05) is 10.6 Å². The van der Waals surface area contributed by atoms with Crippen molar-refractivity contribution in [3.63, 3.8) is 0 Å². The number of aromatic amines is 1. The number of nitrogens with zero attached hydrogens (tertiary/aromatic N) is 2. The van der Waals surface area contributed by atoms with Gasteiger partial charge in [0.15, 0.2) is 0 Å². The lowest BCUT2D eigenvalue weighted by atomic mass is 9.47. The summed E-state index contributed by atoms with van der Waals surface area (Å²) in [5.41, 5.74) is 1.57. The molecule has 214 valence electrons. The Morgan fingerprint density at radius 1 is 1.00 bits per heavy atom. The molecule has 4 saturated carbocycles. The summed E-state index contributed by atoms with van der Waals surface area (Å²) >= 11 is 0. The van der Waals surface area contributed by atoms with Crippen molar-refractivity contribution in [2.45, 2.75) is 51.0 Å². The van der Waals surface area contributed by atoms with E-state index in [0.29, 0.717) is 57.7 Å². The van der Waals surface area contributed by atoms with Gasteiger partial charge in [-0.1, -0.05) is 6.07 Å². The van der Waals surface area contributed by atoms with E-state index >= 15 is 0 Å². The number of rotatable bonds is 6. The molecule has 2 heterocycles. The number of carbonyl (C=O) groups is 3. The number of nitrogens with one attached hydrogen (secondary N) is 3. The molecular weight excluding hydrogens is 534 g/mol. The van der Waals surface area contributed by atoms with Crippen LogP contribution in [0.2, 0.25) is 0 Å². The fourth-order valence-electron chi connectivity index (χ4n) is 7.82. The SMILES string of the molecule is CC(=O)OC12CC3CC(C1)CC(C(=O)Nc1ccc(-c4nc5ccc(C(=O)Nc6ccccn6)cc5[nH]4)cc1O)(C3)C2. The molecule has 10 nitrogen and oxygen atoms in total. The van der Waals surface area contributed by atoms with Crippen LogP contribution in [0.4, 0.5) is 11.5 Å². The summed E-state index contributed by atoms with van der Waals surface area (Å²) in [5.74, 6) is 0.918. The molecule has 2 amide bonds. The van der Waals surface area contributed by atoms with Gasteiger partial charge in [-0.05, 0) is 92.5 Å². The zero-order valence-corrected chi connectivity index (χ0v) is 23.1. The number of imidazole rings is 1. The number of aromatic hydroxyl groups is 1. The van der Waals surface area contributed by atoms with Crippen molar-refractivity contribution in [1.29, 1.82) is 0 Å². The first-order chi connectivity index (χ1) is 20.2. The van der Waals surface area contributed by atoms with Gasteiger partial charge in [0.2, 0.25) is 5.91 Å². The van der Waals surface area contributed by atoms with Crippen LogP contribution in [0.1, 0.15) is 55.8 Å². The summed E-state index contributed by atoms with van der Waals surface area (Å²) in [6, 6.07) is 15.5. The molecule has 4 fully saturated rings. The van der Waals surface area contributed by atoms with Gasteiger partial charge in [-0.2, -0.15) is 0 Å². The Morgan fingerprint density at radius 2 is 1.81 bits per heavy atom. The third-order valence-corrected chi connectivity index (χ3v) is 9.02. The molecule has 4 aromatic rings. The van der Waals surface area contributed by atoms with E-state index in [1.807, 2.05) is 0 Å². The standard InChI is InChI=1S/C32H31N5O5/c1-18(38)42-32-15-19-10-20(16-32)14-31(13-19,17-32)30(41)36-24-8-5-21(12-26(24)39)28-34-23-7-6-22(11-25(23)35-28)29(40)37-27-4-2-3-9-33-27/h2-9,11-12,19-20,39H,10,13-17H2,1H3,(H,34,35)(H,36,41)(H,33,37,40). The van der Waals surface area contributed by atoms with Crippen molar-refractivity contribution in [3.05, 3.63) is 66.4 Å². The van der Waals surface area contributed by atoms with Gasteiger partial charge < -0.3 is 25.5 Å². The second kappa shape index (κ2) is 9.68. The van der Waals surface area contributed by atoms with E-state index in [1.54, 1.807) is 60.8 Å². The van der Waals surface area contributed by atoms with E-state index in [9.17, 15) is 19.5 Å². The summed E-state index contributed by atoms with van der Waals surface area (Å²) in [6.45, 7) is 1.44. The normalized spacial score (nSPS) is 25.7. The van der Waals surface area contributed by atoms with Gasteiger partial charge in [-0.3, -0.25) is 14.4 Å². The molecule has 4 aliphatic rings. The summed E-state index contributed by atoms with van der Waals surface area (Å²) in [7, 11) is 0. The molecule has 10 heteroatoms. The van der Waals surface area contributed by atoms with E-state index in [4.69, 9.17) is 4.74 Å². The number of benzene rings is 2. The Kier molecular flexibility index (Phi) is 6.04. The van der Waals surface area contributed by atoms with Crippen LogP contribution in [0.25, 0.3) is 22.4 Å². The first-order valence-corrected chi connectivity index (χ1v) is 14.3. The minimum absolute atomic E-state index is 0.0730. The van der Waals surface area contributed by atoms with Crippen molar-refractivity contribution in [1.82, 2.24) is 15.0 Å². The number of esters is 1. The molecule has 2 unspecified atom stereocenters. The number of phenols is 1. The summed E-state index contributed by atoms with van der Waals surface area (Å²) in [6.07, 6.45) is 6.41. The summed E-state index contributed by atoms with van der Waals surface area (Å²) < 4.78 is 5.83. The molecule has 4 bridgehead atoms. The second-order valence-corrected chi connectivity index (χ2v) is 12.2. The van der Waals surface area contributed by atoms with E-state index in [1.165, 1.54) is 6.92 Å². The number of hydrogen-bond acceptors (Lipinski definition) is 7. The molecule has 0 aliphatic heterocycles. The third kappa shape index (κ3) is 4.66. The number of aromatic nitrogens is 3. The lowest BCUT2D eigenvalue weighted by Crippen LogP contribution is -2.60. The number of hydrogen-bond donors (Lipinski definition) is 4. The average Bonchev–Trinajstić information content (AvgIpc) is 3.37. The number of pyridine rings is 1. The van der Waals surface area contributed by atoms with Crippen LogP contribution in [0.5, 0.6) is 5.75 Å². The Bertz CT molecular complexity index is 1720. The number of ether oxygens (including phenoxy) is 1. The fourth-order valence-corrected chi connectivity index (χ4v) is 7.82. The van der Waals surface area contributed by atoms with Gasteiger partial charge in [0.25, 0.3) is 5.91 Å². The maximum absolute atomic E-state index is 13.7. The smallest absolute Gasteiger partial charge is 0.303 e. The lowest BCUT2D eigenvalue weighted by Gasteiger charge is -2.60. The molecule has 2 aromatic heterocycles. The van der Waals surface area contributed by atoms with E-state index in [2.05, 4.69) is 25.6 Å². The largest absolute Gasteiger partial charge is 0.506 e. The van der Waals surface area contributed by atoms with Crippen LogP contribution >= 0.6 is 0 Å². The highest BCUT2D eigenvalue weighted by atomic mass is 16.6. The Balaban J connectivity index is 1.09. The first kappa shape index (κ1) is 26.2. The maximum atomic E-state index is 13.7. The van der Waals surface area contributed by atoms with Crippen LogP contribution in [-0.2, 0) is 14.3 Å². The van der Waals surface area contributed by atoms with Crippen molar-refractivity contribution in [2.24, 2.45) is 17.3 Å². The molecule has 2 aromatic carbocycles. The number of phenolic OH excluding ortho intramolecular Hbond substituents is 1. The van der Waals surface area contributed by atoms with Crippen molar-refractivity contribution >= 4 is 40.3 Å². The highest BCUT2D eigenvalue weighted by molar-refractivity contribution is 6.05. The Hall–Kier alpha value is -4.73. The van der Waals surface area contributed by atoms with Crippen LogP contribution in [0.3, 0.4) is 0 Å². The van der Waals surface area contributed by atoms with Gasteiger partial charge in [0, 0.05) is 30.7 Å². The van der Waals surface area contributed by atoms with Crippen LogP contribution in [0, 0.1) is 17.3 Å². The van der Waals surface area contributed by atoms with Crippen molar-refractivity contribution in [3.8, 4) is 17.1 Å². The highest BCUT2D eigenvalue weighted by Crippen LogP contribution is 2.63. The summed E-state index contributed by atoms with van der Waals surface area (Å²) in [4.78, 5) is 50.2. The second-order valence-electron chi connectivity index (χ2n) is 12.2. The van der Waals surface area contributed by atoms with Gasteiger partial charge in [-0.25, -0.2) is 9.97 Å².